The van der Waals surface area contributed by atoms with Crippen LogP contribution in [-0.2, 0) is 13.0 Å². The van der Waals surface area contributed by atoms with E-state index in [1.54, 1.807) is 0 Å². The standard InChI is InChI=1S/C20H25N5O/c1-14-10-17-12-16(2-3-18(17)24-14)20(26)23-13-15-4-5-22-19(11-15)25-8-6-21-7-9-25/h2-5,11-12,14,21,24H,6-10,13H2,1H3,(H,23,26)/t14-/m1/s1. The quantitative estimate of drug-likeness (QED) is 0.783. The van der Waals surface area contributed by atoms with Gasteiger partial charge in [-0.15, -0.1) is 0 Å². The van der Waals surface area contributed by atoms with Gasteiger partial charge in [0.1, 0.15) is 5.82 Å². The topological polar surface area (TPSA) is 69.3 Å². The van der Waals surface area contributed by atoms with Crippen LogP contribution in [0.1, 0.15) is 28.4 Å². The molecule has 3 heterocycles. The average molecular weight is 351 g/mol. The molecule has 0 aliphatic carbocycles. The van der Waals surface area contributed by atoms with E-state index in [1.165, 1.54) is 5.56 Å². The molecule has 3 N–H and O–H groups in total. The number of amides is 1. The van der Waals surface area contributed by atoms with Gasteiger partial charge in [-0.05, 0) is 54.8 Å². The summed E-state index contributed by atoms with van der Waals surface area (Å²) in [6.45, 7) is 6.54. The molecule has 1 aromatic carbocycles. The molecule has 136 valence electrons. The zero-order valence-electron chi connectivity index (χ0n) is 15.1. The van der Waals surface area contributed by atoms with Gasteiger partial charge in [-0.3, -0.25) is 4.79 Å². The average Bonchev–Trinajstić information content (AvgIpc) is 3.06. The summed E-state index contributed by atoms with van der Waals surface area (Å²) in [5.41, 5.74) is 4.15. The predicted octanol–water partition coefficient (Wildman–Crippen LogP) is 1.78. The number of anilines is 2. The van der Waals surface area contributed by atoms with Crippen molar-refractivity contribution in [1.29, 1.82) is 0 Å². The highest BCUT2D eigenvalue weighted by Gasteiger charge is 2.18. The molecule has 1 atom stereocenters. The highest BCUT2D eigenvalue weighted by molar-refractivity contribution is 5.95. The van der Waals surface area contributed by atoms with Gasteiger partial charge in [0.05, 0.1) is 0 Å². The maximum atomic E-state index is 12.5. The maximum absolute atomic E-state index is 12.5. The second-order valence-electron chi connectivity index (χ2n) is 7.06. The number of rotatable bonds is 4. The summed E-state index contributed by atoms with van der Waals surface area (Å²) >= 11 is 0. The van der Waals surface area contributed by atoms with Crippen molar-refractivity contribution in [2.75, 3.05) is 36.4 Å². The summed E-state index contributed by atoms with van der Waals surface area (Å²) in [5.74, 6) is 0.948. The van der Waals surface area contributed by atoms with Crippen LogP contribution in [0.5, 0.6) is 0 Å². The Morgan fingerprint density at radius 1 is 1.27 bits per heavy atom. The Bertz CT molecular complexity index is 801. The number of benzene rings is 1. The van der Waals surface area contributed by atoms with Crippen molar-refractivity contribution in [2.45, 2.75) is 25.9 Å². The zero-order chi connectivity index (χ0) is 17.9. The van der Waals surface area contributed by atoms with E-state index in [0.717, 1.165) is 55.2 Å². The lowest BCUT2D eigenvalue weighted by molar-refractivity contribution is 0.0951. The first-order valence-corrected chi connectivity index (χ1v) is 9.27. The lowest BCUT2D eigenvalue weighted by Crippen LogP contribution is -2.43. The number of aromatic nitrogens is 1. The van der Waals surface area contributed by atoms with E-state index < -0.39 is 0 Å². The number of piperazine rings is 1. The third-order valence-corrected chi connectivity index (χ3v) is 5.00. The molecule has 0 saturated carbocycles. The Morgan fingerprint density at radius 3 is 2.96 bits per heavy atom. The Hall–Kier alpha value is -2.60. The van der Waals surface area contributed by atoms with Crippen LogP contribution in [-0.4, -0.2) is 43.1 Å². The Morgan fingerprint density at radius 2 is 2.12 bits per heavy atom. The summed E-state index contributed by atoms with van der Waals surface area (Å²) < 4.78 is 0. The first-order valence-electron chi connectivity index (χ1n) is 9.27. The van der Waals surface area contributed by atoms with E-state index in [1.807, 2.05) is 30.5 Å². The lowest BCUT2D eigenvalue weighted by Gasteiger charge is -2.28. The molecule has 0 bridgehead atoms. The van der Waals surface area contributed by atoms with E-state index in [9.17, 15) is 4.79 Å². The molecule has 2 aliphatic rings. The Balaban J connectivity index is 1.39. The number of hydrogen-bond acceptors (Lipinski definition) is 5. The van der Waals surface area contributed by atoms with Gasteiger partial charge >= 0.3 is 0 Å². The second kappa shape index (κ2) is 7.33. The molecular formula is C20H25N5O. The van der Waals surface area contributed by atoms with Gasteiger partial charge in [-0.1, -0.05) is 0 Å². The first-order chi connectivity index (χ1) is 12.7. The Labute approximate surface area is 154 Å². The number of nitrogens with one attached hydrogen (secondary N) is 3. The molecule has 6 nitrogen and oxygen atoms in total. The molecule has 0 radical (unpaired) electrons. The predicted molar refractivity (Wildman–Crippen MR) is 104 cm³/mol. The summed E-state index contributed by atoms with van der Waals surface area (Å²) in [6.07, 6.45) is 2.79. The van der Waals surface area contributed by atoms with E-state index >= 15 is 0 Å². The van der Waals surface area contributed by atoms with Gasteiger partial charge in [-0.2, -0.15) is 0 Å². The minimum Gasteiger partial charge on any atom is -0.382 e. The van der Waals surface area contributed by atoms with Crippen LogP contribution in [0.4, 0.5) is 11.5 Å². The number of fused-ring (bicyclic) bond motifs is 1. The lowest BCUT2D eigenvalue weighted by atomic mass is 10.1. The van der Waals surface area contributed by atoms with Crippen LogP contribution in [0.2, 0.25) is 0 Å². The fourth-order valence-electron chi connectivity index (χ4n) is 3.61. The molecule has 6 heteroatoms. The monoisotopic (exact) mass is 351 g/mol. The van der Waals surface area contributed by atoms with Crippen molar-refractivity contribution in [1.82, 2.24) is 15.6 Å². The minimum absolute atomic E-state index is 0.0344. The van der Waals surface area contributed by atoms with Gasteiger partial charge in [0.2, 0.25) is 0 Å². The number of nitrogens with zero attached hydrogens (tertiary/aromatic N) is 2. The smallest absolute Gasteiger partial charge is 0.251 e. The summed E-state index contributed by atoms with van der Waals surface area (Å²) in [4.78, 5) is 19.3. The molecule has 1 amide bonds. The van der Waals surface area contributed by atoms with Gasteiger partial charge in [-0.25, -0.2) is 4.98 Å². The number of carbonyl (C=O) groups excluding carboxylic acids is 1. The maximum Gasteiger partial charge on any atom is 0.251 e. The van der Waals surface area contributed by atoms with Gasteiger partial charge < -0.3 is 20.9 Å². The fourth-order valence-corrected chi connectivity index (χ4v) is 3.61. The molecular weight excluding hydrogens is 326 g/mol. The minimum atomic E-state index is -0.0344. The largest absolute Gasteiger partial charge is 0.382 e. The second-order valence-corrected chi connectivity index (χ2v) is 7.06. The van der Waals surface area contributed by atoms with Crippen LogP contribution in [0, 0.1) is 0 Å². The van der Waals surface area contributed by atoms with E-state index in [-0.39, 0.29) is 5.91 Å². The van der Waals surface area contributed by atoms with Gasteiger partial charge in [0.25, 0.3) is 5.91 Å². The molecule has 2 aliphatic heterocycles. The fraction of sp³-hybridized carbons (Fsp3) is 0.400. The summed E-state index contributed by atoms with van der Waals surface area (Å²) in [5, 5.41) is 9.79. The van der Waals surface area contributed by atoms with Gasteiger partial charge in [0.15, 0.2) is 0 Å². The van der Waals surface area contributed by atoms with Crippen molar-refractivity contribution in [3.8, 4) is 0 Å². The summed E-state index contributed by atoms with van der Waals surface area (Å²) in [6, 6.07) is 10.4. The van der Waals surface area contributed by atoms with Crippen molar-refractivity contribution in [3.05, 3.63) is 53.2 Å². The van der Waals surface area contributed by atoms with Gasteiger partial charge in [0, 0.05) is 56.2 Å². The molecule has 1 fully saturated rings. The number of hydrogen-bond donors (Lipinski definition) is 3. The van der Waals surface area contributed by atoms with Crippen molar-refractivity contribution in [3.63, 3.8) is 0 Å². The molecule has 4 rings (SSSR count). The Kier molecular flexibility index (Phi) is 4.75. The SMILES string of the molecule is C[C@@H]1Cc2cc(C(=O)NCc3ccnc(N4CCNCC4)c3)ccc2N1. The van der Waals surface area contributed by atoms with E-state index in [4.69, 9.17) is 0 Å². The van der Waals surface area contributed by atoms with E-state index in [0.29, 0.717) is 12.6 Å². The van der Waals surface area contributed by atoms with Crippen LogP contribution >= 0.6 is 0 Å². The summed E-state index contributed by atoms with van der Waals surface area (Å²) in [7, 11) is 0. The highest BCUT2D eigenvalue weighted by Crippen LogP contribution is 2.26. The van der Waals surface area contributed by atoms with Crippen LogP contribution in [0.15, 0.2) is 36.5 Å². The molecule has 0 unspecified atom stereocenters. The third kappa shape index (κ3) is 3.65. The molecule has 1 aromatic heterocycles. The normalized spacial score (nSPS) is 19.0. The zero-order valence-corrected chi connectivity index (χ0v) is 15.1. The molecule has 26 heavy (non-hydrogen) atoms. The number of carbonyl (C=O) groups is 1. The van der Waals surface area contributed by atoms with E-state index in [2.05, 4.69) is 38.8 Å². The van der Waals surface area contributed by atoms with Crippen LogP contribution in [0.3, 0.4) is 0 Å². The first kappa shape index (κ1) is 16.8. The van der Waals surface area contributed by atoms with Crippen molar-refractivity contribution >= 4 is 17.4 Å². The molecule has 2 aromatic rings. The third-order valence-electron chi connectivity index (χ3n) is 5.00. The van der Waals surface area contributed by atoms with Crippen LogP contribution < -0.4 is 20.9 Å². The highest BCUT2D eigenvalue weighted by atomic mass is 16.1. The number of pyridine rings is 1. The molecule has 1 saturated heterocycles. The van der Waals surface area contributed by atoms with Crippen LogP contribution in [0.25, 0.3) is 0 Å². The van der Waals surface area contributed by atoms with Crippen molar-refractivity contribution in [2.24, 2.45) is 0 Å². The van der Waals surface area contributed by atoms with Crippen molar-refractivity contribution < 1.29 is 4.79 Å². The molecule has 0 spiro atoms.